The molecule has 1 N–H and O–H groups in total. The fraction of sp³-hybridized carbons (Fsp3) is 0.556. The first-order valence-electron chi connectivity index (χ1n) is 3.75. The van der Waals surface area contributed by atoms with Crippen molar-refractivity contribution in [1.82, 2.24) is 5.32 Å². The summed E-state index contributed by atoms with van der Waals surface area (Å²) >= 11 is 0. The van der Waals surface area contributed by atoms with Gasteiger partial charge in [-0.3, -0.25) is 0 Å². The van der Waals surface area contributed by atoms with Crippen LogP contribution in [0.15, 0.2) is 25.3 Å². The summed E-state index contributed by atoms with van der Waals surface area (Å²) in [6.45, 7) is 11.5. The van der Waals surface area contributed by atoms with E-state index in [4.69, 9.17) is 0 Å². The Morgan fingerprint density at radius 2 is 2.20 bits per heavy atom. The van der Waals surface area contributed by atoms with Crippen LogP contribution in [0.5, 0.6) is 0 Å². The Bertz CT molecular complexity index is 96.9. The molecule has 0 aliphatic carbocycles. The molecule has 1 atom stereocenters. The molecule has 1 unspecified atom stereocenters. The largest absolute Gasteiger partial charge is 0.313 e. The van der Waals surface area contributed by atoms with Crippen LogP contribution >= 0.6 is 0 Å². The molecule has 0 heterocycles. The molecule has 0 aromatic rings. The third kappa shape index (κ3) is 5.57. The molecule has 0 radical (unpaired) electrons. The molecular formula is C9H17N. The lowest BCUT2D eigenvalue weighted by molar-refractivity contribution is 0.597. The van der Waals surface area contributed by atoms with Crippen LogP contribution in [0.2, 0.25) is 0 Å². The summed E-state index contributed by atoms with van der Waals surface area (Å²) < 4.78 is 0. The van der Waals surface area contributed by atoms with Crippen molar-refractivity contribution < 1.29 is 0 Å². The number of hydrogen-bond donors (Lipinski definition) is 1. The zero-order valence-corrected chi connectivity index (χ0v) is 6.77. The Hall–Kier alpha value is -0.560. The summed E-state index contributed by atoms with van der Waals surface area (Å²) in [7, 11) is 0. The zero-order chi connectivity index (χ0) is 7.82. The highest BCUT2D eigenvalue weighted by Gasteiger charge is 1.92. The topological polar surface area (TPSA) is 12.0 Å². The Balaban J connectivity index is 3.02. The first-order valence-corrected chi connectivity index (χ1v) is 3.75. The van der Waals surface area contributed by atoms with Crippen molar-refractivity contribution in [3.05, 3.63) is 25.3 Å². The van der Waals surface area contributed by atoms with Crippen molar-refractivity contribution >= 4 is 0 Å². The molecule has 58 valence electrons. The van der Waals surface area contributed by atoms with Gasteiger partial charge in [-0.2, -0.15) is 0 Å². The first-order chi connectivity index (χ1) is 4.81. The van der Waals surface area contributed by atoms with Gasteiger partial charge < -0.3 is 5.32 Å². The Morgan fingerprint density at radius 3 is 2.70 bits per heavy atom. The average Bonchev–Trinajstić information content (AvgIpc) is 1.98. The van der Waals surface area contributed by atoms with Gasteiger partial charge in [0, 0.05) is 6.54 Å². The van der Waals surface area contributed by atoms with Crippen LogP contribution in [-0.4, -0.2) is 13.1 Å². The van der Waals surface area contributed by atoms with Crippen LogP contribution in [0.25, 0.3) is 0 Å². The maximum Gasteiger partial charge on any atom is 0.0132 e. The summed E-state index contributed by atoms with van der Waals surface area (Å²) in [5, 5.41) is 3.23. The first kappa shape index (κ1) is 9.44. The normalized spacial score (nSPS) is 12.5. The summed E-state index contributed by atoms with van der Waals surface area (Å²) in [5.74, 6) is 0.623. The van der Waals surface area contributed by atoms with E-state index in [9.17, 15) is 0 Å². The Kier molecular flexibility index (Phi) is 6.19. The molecular weight excluding hydrogens is 122 g/mol. The van der Waals surface area contributed by atoms with Gasteiger partial charge in [0.15, 0.2) is 0 Å². The lowest BCUT2D eigenvalue weighted by atomic mass is 10.1. The standard InChI is InChI=1S/C9H17N/c1-4-7-10-8-6-9(3)5-2/h4-5,9-10H,1-2,6-8H2,3H3. The van der Waals surface area contributed by atoms with Crippen molar-refractivity contribution in [2.24, 2.45) is 5.92 Å². The number of rotatable bonds is 6. The second-order valence-electron chi connectivity index (χ2n) is 2.49. The van der Waals surface area contributed by atoms with Gasteiger partial charge in [-0.15, -0.1) is 13.2 Å². The number of allylic oxidation sites excluding steroid dienone is 1. The van der Waals surface area contributed by atoms with E-state index in [2.05, 4.69) is 25.4 Å². The SMILES string of the molecule is C=CCNCCC(C)C=C. The summed E-state index contributed by atoms with van der Waals surface area (Å²) in [4.78, 5) is 0. The molecule has 0 amide bonds. The van der Waals surface area contributed by atoms with E-state index in [0.717, 1.165) is 19.5 Å². The maximum atomic E-state index is 3.71. The third-order valence-electron chi connectivity index (χ3n) is 1.47. The Morgan fingerprint density at radius 1 is 1.50 bits per heavy atom. The maximum absolute atomic E-state index is 3.71. The lowest BCUT2D eigenvalue weighted by Gasteiger charge is -2.04. The molecule has 0 saturated heterocycles. The van der Waals surface area contributed by atoms with Gasteiger partial charge in [0.1, 0.15) is 0 Å². The van der Waals surface area contributed by atoms with Gasteiger partial charge >= 0.3 is 0 Å². The van der Waals surface area contributed by atoms with Crippen LogP contribution in [0.4, 0.5) is 0 Å². The van der Waals surface area contributed by atoms with Gasteiger partial charge in [-0.1, -0.05) is 19.1 Å². The number of hydrogen-bond acceptors (Lipinski definition) is 1. The second kappa shape index (κ2) is 6.56. The molecule has 1 nitrogen and oxygen atoms in total. The van der Waals surface area contributed by atoms with E-state index < -0.39 is 0 Å². The molecule has 0 bridgehead atoms. The van der Waals surface area contributed by atoms with E-state index >= 15 is 0 Å². The number of nitrogens with one attached hydrogen (secondary N) is 1. The molecule has 0 aromatic heterocycles. The molecule has 0 aromatic carbocycles. The minimum absolute atomic E-state index is 0.623. The second-order valence-corrected chi connectivity index (χ2v) is 2.49. The van der Waals surface area contributed by atoms with Crippen LogP contribution in [0.3, 0.4) is 0 Å². The van der Waals surface area contributed by atoms with Crippen molar-refractivity contribution in [3.8, 4) is 0 Å². The predicted octanol–water partition coefficient (Wildman–Crippen LogP) is 1.97. The van der Waals surface area contributed by atoms with Crippen LogP contribution < -0.4 is 5.32 Å². The van der Waals surface area contributed by atoms with E-state index in [0.29, 0.717) is 5.92 Å². The van der Waals surface area contributed by atoms with E-state index in [-0.39, 0.29) is 0 Å². The molecule has 0 saturated carbocycles. The van der Waals surface area contributed by atoms with Crippen molar-refractivity contribution in [3.63, 3.8) is 0 Å². The molecule has 0 aliphatic rings. The van der Waals surface area contributed by atoms with Gasteiger partial charge in [-0.25, -0.2) is 0 Å². The molecule has 1 heteroatoms. The fourth-order valence-electron chi connectivity index (χ4n) is 0.652. The predicted molar refractivity (Wildman–Crippen MR) is 47.0 cm³/mol. The highest BCUT2D eigenvalue weighted by Crippen LogP contribution is 1.99. The average molecular weight is 139 g/mol. The quantitative estimate of drug-likeness (QED) is 0.438. The van der Waals surface area contributed by atoms with E-state index in [1.807, 2.05) is 12.2 Å². The van der Waals surface area contributed by atoms with Crippen LogP contribution in [0, 0.1) is 5.92 Å². The highest BCUT2D eigenvalue weighted by molar-refractivity contribution is 4.76. The zero-order valence-electron chi connectivity index (χ0n) is 6.77. The Labute approximate surface area is 63.8 Å². The van der Waals surface area contributed by atoms with Crippen molar-refractivity contribution in [2.45, 2.75) is 13.3 Å². The summed E-state index contributed by atoms with van der Waals surface area (Å²) in [6, 6.07) is 0. The smallest absolute Gasteiger partial charge is 0.0132 e. The summed E-state index contributed by atoms with van der Waals surface area (Å²) in [5.41, 5.74) is 0. The van der Waals surface area contributed by atoms with Crippen LogP contribution in [-0.2, 0) is 0 Å². The van der Waals surface area contributed by atoms with Crippen molar-refractivity contribution in [1.29, 1.82) is 0 Å². The van der Waals surface area contributed by atoms with E-state index in [1.54, 1.807) is 0 Å². The fourth-order valence-corrected chi connectivity index (χ4v) is 0.652. The highest BCUT2D eigenvalue weighted by atomic mass is 14.8. The van der Waals surface area contributed by atoms with Gasteiger partial charge in [0.2, 0.25) is 0 Å². The minimum atomic E-state index is 0.623. The van der Waals surface area contributed by atoms with Gasteiger partial charge in [0.25, 0.3) is 0 Å². The van der Waals surface area contributed by atoms with Gasteiger partial charge in [0.05, 0.1) is 0 Å². The monoisotopic (exact) mass is 139 g/mol. The van der Waals surface area contributed by atoms with E-state index in [1.165, 1.54) is 0 Å². The van der Waals surface area contributed by atoms with Crippen LogP contribution in [0.1, 0.15) is 13.3 Å². The lowest BCUT2D eigenvalue weighted by Crippen LogP contribution is -2.16. The molecule has 10 heavy (non-hydrogen) atoms. The van der Waals surface area contributed by atoms with Crippen molar-refractivity contribution in [2.75, 3.05) is 13.1 Å². The molecule has 0 aliphatic heterocycles. The third-order valence-corrected chi connectivity index (χ3v) is 1.47. The summed E-state index contributed by atoms with van der Waals surface area (Å²) in [6.07, 6.45) is 5.02. The molecule has 0 fully saturated rings. The molecule has 0 spiro atoms. The van der Waals surface area contributed by atoms with Gasteiger partial charge in [-0.05, 0) is 18.9 Å². The molecule has 0 rings (SSSR count). The minimum Gasteiger partial charge on any atom is -0.313 e.